The van der Waals surface area contributed by atoms with E-state index in [1.54, 1.807) is 18.3 Å². The third kappa shape index (κ3) is 3.85. The van der Waals surface area contributed by atoms with Gasteiger partial charge >= 0.3 is 0 Å². The van der Waals surface area contributed by atoms with Crippen molar-refractivity contribution in [3.63, 3.8) is 0 Å². The minimum absolute atomic E-state index is 0.132. The van der Waals surface area contributed by atoms with Gasteiger partial charge in [0.15, 0.2) is 0 Å². The number of aromatic amines is 1. The lowest BCUT2D eigenvalue weighted by Gasteiger charge is -2.14. The molecule has 0 saturated carbocycles. The lowest BCUT2D eigenvalue weighted by atomic mass is 9.97. The van der Waals surface area contributed by atoms with E-state index in [0.29, 0.717) is 6.54 Å². The van der Waals surface area contributed by atoms with E-state index in [-0.39, 0.29) is 11.8 Å². The summed E-state index contributed by atoms with van der Waals surface area (Å²) in [6.45, 7) is 5.88. The molecule has 0 spiro atoms. The lowest BCUT2D eigenvalue weighted by Crippen LogP contribution is -2.25. The van der Waals surface area contributed by atoms with Crippen LogP contribution in [0, 0.1) is 6.92 Å². The zero-order valence-electron chi connectivity index (χ0n) is 15.4. The Morgan fingerprint density at radius 1 is 1.41 bits per heavy atom. The van der Waals surface area contributed by atoms with Crippen LogP contribution in [0.1, 0.15) is 34.8 Å². The number of hydrogen-bond donors (Lipinski definition) is 2. The average molecular weight is 382 g/mol. The van der Waals surface area contributed by atoms with Gasteiger partial charge in [-0.05, 0) is 31.0 Å². The number of thiazole rings is 1. The summed E-state index contributed by atoms with van der Waals surface area (Å²) in [7, 11) is 0. The van der Waals surface area contributed by atoms with Crippen LogP contribution in [0.3, 0.4) is 0 Å². The van der Waals surface area contributed by atoms with Crippen molar-refractivity contribution in [3.05, 3.63) is 46.3 Å². The van der Waals surface area contributed by atoms with Crippen LogP contribution in [-0.4, -0.2) is 44.1 Å². The Hall–Kier alpha value is -2.74. The number of pyridine rings is 1. The molecular formula is C19H22N6OS. The van der Waals surface area contributed by atoms with Gasteiger partial charge in [-0.15, -0.1) is 11.3 Å². The Bertz CT molecular complexity index is 949. The van der Waals surface area contributed by atoms with E-state index in [2.05, 4.69) is 25.5 Å². The number of H-pyrrole nitrogens is 1. The summed E-state index contributed by atoms with van der Waals surface area (Å²) in [6, 6.07) is 4.04. The number of likely N-dealkylation sites (tertiary alicyclic amines) is 1. The number of carbonyl (C=O) groups is 1. The van der Waals surface area contributed by atoms with Gasteiger partial charge in [0, 0.05) is 54.5 Å². The van der Waals surface area contributed by atoms with Gasteiger partial charge in [-0.2, -0.15) is 5.10 Å². The van der Waals surface area contributed by atoms with Crippen LogP contribution in [0.15, 0.2) is 30.7 Å². The van der Waals surface area contributed by atoms with Gasteiger partial charge in [-0.25, -0.2) is 9.97 Å². The highest BCUT2D eigenvalue weighted by molar-refractivity contribution is 7.11. The van der Waals surface area contributed by atoms with E-state index in [0.717, 1.165) is 47.2 Å². The molecule has 7 nitrogen and oxygen atoms in total. The van der Waals surface area contributed by atoms with Crippen LogP contribution < -0.4 is 5.32 Å². The highest BCUT2D eigenvalue weighted by atomic mass is 32.1. The van der Waals surface area contributed by atoms with Crippen LogP contribution in [0.2, 0.25) is 0 Å². The second-order valence-corrected chi connectivity index (χ2v) is 8.10. The second-order valence-electron chi connectivity index (χ2n) is 6.78. The number of hydrogen-bond acceptors (Lipinski definition) is 6. The summed E-state index contributed by atoms with van der Waals surface area (Å²) in [4.78, 5) is 23.4. The van der Waals surface area contributed by atoms with Crippen molar-refractivity contribution in [2.24, 2.45) is 0 Å². The van der Waals surface area contributed by atoms with Gasteiger partial charge in [0.25, 0.3) is 0 Å². The number of amides is 1. The highest BCUT2D eigenvalue weighted by Gasteiger charge is 2.28. The normalized spacial score (nSPS) is 16.7. The fourth-order valence-electron chi connectivity index (χ4n) is 3.48. The number of aromatic nitrogens is 4. The van der Waals surface area contributed by atoms with Crippen LogP contribution >= 0.6 is 11.3 Å². The molecule has 3 aromatic heterocycles. The van der Waals surface area contributed by atoms with Gasteiger partial charge < -0.3 is 10.2 Å². The first-order valence-corrected chi connectivity index (χ1v) is 9.82. The molecule has 0 radical (unpaired) electrons. The first-order chi connectivity index (χ1) is 13.1. The van der Waals surface area contributed by atoms with Crippen molar-refractivity contribution in [2.45, 2.75) is 32.7 Å². The fourth-order valence-corrected chi connectivity index (χ4v) is 4.21. The van der Waals surface area contributed by atoms with Gasteiger partial charge in [-0.1, -0.05) is 0 Å². The molecule has 0 bridgehead atoms. The maximum absolute atomic E-state index is 11.6. The Morgan fingerprint density at radius 3 is 3.04 bits per heavy atom. The Labute approximate surface area is 161 Å². The van der Waals surface area contributed by atoms with Crippen LogP contribution in [0.5, 0.6) is 0 Å². The van der Waals surface area contributed by atoms with Gasteiger partial charge in [0.1, 0.15) is 5.82 Å². The molecule has 2 N–H and O–H groups in total. The molecule has 0 aliphatic carbocycles. The van der Waals surface area contributed by atoms with E-state index >= 15 is 0 Å². The highest BCUT2D eigenvalue weighted by Crippen LogP contribution is 2.33. The molecular weight excluding hydrogens is 360 g/mol. The van der Waals surface area contributed by atoms with Gasteiger partial charge in [0.05, 0.1) is 17.7 Å². The largest absolute Gasteiger partial charge is 0.365 e. The molecule has 1 atom stereocenters. The maximum atomic E-state index is 11.6. The van der Waals surface area contributed by atoms with Crippen molar-refractivity contribution < 1.29 is 4.79 Å². The molecule has 4 rings (SSSR count). The number of anilines is 1. The Morgan fingerprint density at radius 2 is 2.30 bits per heavy atom. The van der Waals surface area contributed by atoms with Crippen molar-refractivity contribution in [1.82, 2.24) is 25.1 Å². The monoisotopic (exact) mass is 382 g/mol. The number of nitrogens with zero attached hydrogens (tertiary/aromatic N) is 4. The smallest absolute Gasteiger partial charge is 0.219 e. The summed E-state index contributed by atoms with van der Waals surface area (Å²) >= 11 is 1.68. The molecule has 1 aliphatic rings. The molecule has 1 aliphatic heterocycles. The predicted molar refractivity (Wildman–Crippen MR) is 106 cm³/mol. The van der Waals surface area contributed by atoms with Gasteiger partial charge in [0.2, 0.25) is 5.91 Å². The minimum Gasteiger partial charge on any atom is -0.365 e. The molecule has 1 amide bonds. The van der Waals surface area contributed by atoms with E-state index < -0.39 is 0 Å². The molecule has 0 aromatic carbocycles. The third-order valence-corrected chi connectivity index (χ3v) is 5.81. The van der Waals surface area contributed by atoms with Crippen molar-refractivity contribution in [1.29, 1.82) is 0 Å². The molecule has 4 heterocycles. The molecule has 0 unspecified atom stereocenters. The second kappa shape index (κ2) is 7.48. The molecule has 3 aromatic rings. The Balaban J connectivity index is 1.51. The van der Waals surface area contributed by atoms with Crippen LogP contribution in [0.25, 0.3) is 11.1 Å². The van der Waals surface area contributed by atoms with Crippen LogP contribution in [0.4, 0.5) is 5.82 Å². The lowest BCUT2D eigenvalue weighted by molar-refractivity contribution is -0.127. The predicted octanol–water partition coefficient (Wildman–Crippen LogP) is 3.18. The zero-order chi connectivity index (χ0) is 18.8. The topological polar surface area (TPSA) is 86.8 Å². The SMILES string of the molecule is CC(=O)N1CC[C@H](c2[nH]ncc2-c2ccnc(NCc3cnc(C)s3)c2)C1. The van der Waals surface area contributed by atoms with Crippen molar-refractivity contribution in [2.75, 3.05) is 18.4 Å². The quantitative estimate of drug-likeness (QED) is 0.708. The summed E-state index contributed by atoms with van der Waals surface area (Å²) < 4.78 is 0. The standard InChI is InChI=1S/C19H22N6OS/c1-12-21-8-16(27-12)9-22-18-7-14(3-5-20-18)17-10-23-24-19(17)15-4-6-25(11-15)13(2)26/h3,5,7-8,10,15H,4,6,9,11H2,1-2H3,(H,20,22)(H,23,24)/t15-/m0/s1. The summed E-state index contributed by atoms with van der Waals surface area (Å²) in [5.74, 6) is 1.24. The molecule has 1 fully saturated rings. The zero-order valence-corrected chi connectivity index (χ0v) is 16.2. The molecule has 140 valence electrons. The Kier molecular flexibility index (Phi) is 4.89. The number of aryl methyl sites for hydroxylation is 1. The maximum Gasteiger partial charge on any atom is 0.219 e. The number of nitrogens with one attached hydrogen (secondary N) is 2. The van der Waals surface area contributed by atoms with Crippen LogP contribution in [-0.2, 0) is 11.3 Å². The van der Waals surface area contributed by atoms with E-state index in [4.69, 9.17) is 0 Å². The third-order valence-electron chi connectivity index (χ3n) is 4.89. The number of carbonyl (C=O) groups excluding carboxylic acids is 1. The molecule has 8 heteroatoms. The molecule has 27 heavy (non-hydrogen) atoms. The van der Waals surface area contributed by atoms with E-state index in [1.165, 1.54) is 4.88 Å². The first-order valence-electron chi connectivity index (χ1n) is 9.00. The summed E-state index contributed by atoms with van der Waals surface area (Å²) in [5, 5.41) is 11.8. The average Bonchev–Trinajstić information content (AvgIpc) is 3.40. The van der Waals surface area contributed by atoms with E-state index in [9.17, 15) is 4.79 Å². The molecule has 1 saturated heterocycles. The van der Waals surface area contributed by atoms with Crippen molar-refractivity contribution in [3.8, 4) is 11.1 Å². The van der Waals surface area contributed by atoms with Gasteiger partial charge in [-0.3, -0.25) is 9.89 Å². The minimum atomic E-state index is 0.132. The summed E-state index contributed by atoms with van der Waals surface area (Å²) in [6.07, 6.45) is 6.52. The number of rotatable bonds is 5. The van der Waals surface area contributed by atoms with E-state index in [1.807, 2.05) is 42.5 Å². The van der Waals surface area contributed by atoms with Crippen molar-refractivity contribution >= 4 is 23.1 Å². The first kappa shape index (κ1) is 17.7. The fraction of sp³-hybridized carbons (Fsp3) is 0.368. The summed E-state index contributed by atoms with van der Waals surface area (Å²) in [5.41, 5.74) is 3.23.